The van der Waals surface area contributed by atoms with Gasteiger partial charge in [-0.25, -0.2) is 0 Å². The summed E-state index contributed by atoms with van der Waals surface area (Å²) in [4.78, 5) is 4.54. The Bertz CT molecular complexity index is 394. The van der Waals surface area contributed by atoms with Crippen molar-refractivity contribution in [3.63, 3.8) is 0 Å². The van der Waals surface area contributed by atoms with E-state index in [4.69, 9.17) is 0 Å². The molecule has 0 aliphatic heterocycles. The van der Waals surface area contributed by atoms with Crippen molar-refractivity contribution >= 4 is 21.6 Å². The minimum Gasteiger partial charge on any atom is -0.389 e. The largest absolute Gasteiger partial charge is 0.389 e. The summed E-state index contributed by atoms with van der Waals surface area (Å²) in [6.07, 6.45) is 0.647. The minimum atomic E-state index is -0.453. The van der Waals surface area contributed by atoms with Gasteiger partial charge >= 0.3 is 0 Å². The lowest BCUT2D eigenvalue weighted by molar-refractivity contribution is 0.199. The molecule has 1 unspecified atom stereocenters. The normalized spacial score (nSPS) is 12.8. The average Bonchev–Trinajstić information content (AvgIpc) is 2.34. The van der Waals surface area contributed by atoms with E-state index in [0.29, 0.717) is 0 Å². The average molecular weight is 329 g/mol. The summed E-state index contributed by atoms with van der Waals surface area (Å²) in [5.41, 5.74) is 2.13. The molecule has 0 saturated carbocycles. The monoisotopic (exact) mass is 328 g/mol. The van der Waals surface area contributed by atoms with E-state index < -0.39 is 6.10 Å². The number of rotatable bonds is 7. The predicted molar refractivity (Wildman–Crippen MR) is 85.8 cm³/mol. The van der Waals surface area contributed by atoms with Crippen LogP contribution < -0.4 is 4.90 Å². The number of anilines is 1. The van der Waals surface area contributed by atoms with Crippen molar-refractivity contribution in [1.29, 1.82) is 0 Å². The standard InChI is InChI=1S/C15H25BrN2O/c1-5-8-18(10-9-17(3)4)15-7-6-13(16)11-14(15)12(2)19/h6-7,11-12,19H,5,8-10H2,1-4H3. The van der Waals surface area contributed by atoms with Gasteiger partial charge in [0.05, 0.1) is 6.10 Å². The lowest BCUT2D eigenvalue weighted by Crippen LogP contribution is -2.33. The Hall–Kier alpha value is -0.580. The van der Waals surface area contributed by atoms with Gasteiger partial charge < -0.3 is 14.9 Å². The summed E-state index contributed by atoms with van der Waals surface area (Å²) in [6.45, 7) is 7.00. The first-order chi connectivity index (χ1) is 8.95. The van der Waals surface area contributed by atoms with Gasteiger partial charge in [0.15, 0.2) is 0 Å². The first-order valence-corrected chi connectivity index (χ1v) is 7.62. The van der Waals surface area contributed by atoms with E-state index in [0.717, 1.165) is 41.8 Å². The van der Waals surface area contributed by atoms with E-state index in [1.807, 2.05) is 19.1 Å². The fourth-order valence-electron chi connectivity index (χ4n) is 2.09. The maximum absolute atomic E-state index is 9.97. The van der Waals surface area contributed by atoms with Crippen molar-refractivity contribution in [3.05, 3.63) is 28.2 Å². The Morgan fingerprint density at radius 3 is 2.42 bits per heavy atom. The van der Waals surface area contributed by atoms with E-state index in [2.05, 4.69) is 52.8 Å². The van der Waals surface area contributed by atoms with Gasteiger partial charge in [0, 0.05) is 35.4 Å². The van der Waals surface area contributed by atoms with Crippen molar-refractivity contribution in [2.75, 3.05) is 38.6 Å². The number of hydrogen-bond acceptors (Lipinski definition) is 3. The molecule has 1 N–H and O–H groups in total. The molecule has 0 amide bonds. The summed E-state index contributed by atoms with van der Waals surface area (Å²) in [5, 5.41) is 9.97. The molecule has 0 aromatic heterocycles. The second-order valence-corrected chi connectivity index (χ2v) is 6.09. The van der Waals surface area contributed by atoms with Crippen LogP contribution in [0.5, 0.6) is 0 Å². The Morgan fingerprint density at radius 2 is 1.89 bits per heavy atom. The smallest absolute Gasteiger partial charge is 0.0782 e. The van der Waals surface area contributed by atoms with E-state index in [1.54, 1.807) is 0 Å². The highest BCUT2D eigenvalue weighted by atomic mass is 79.9. The van der Waals surface area contributed by atoms with Crippen LogP contribution in [0, 0.1) is 0 Å². The Kier molecular flexibility index (Phi) is 6.83. The molecule has 3 nitrogen and oxygen atoms in total. The van der Waals surface area contributed by atoms with Gasteiger partial charge in [0.2, 0.25) is 0 Å². The quantitative estimate of drug-likeness (QED) is 0.832. The number of halogens is 1. The predicted octanol–water partition coefficient (Wildman–Crippen LogP) is 3.28. The number of hydrogen-bond donors (Lipinski definition) is 1. The molecule has 19 heavy (non-hydrogen) atoms. The van der Waals surface area contributed by atoms with Gasteiger partial charge in [-0.3, -0.25) is 0 Å². The summed E-state index contributed by atoms with van der Waals surface area (Å²) in [7, 11) is 4.17. The van der Waals surface area contributed by atoms with Gasteiger partial charge in [-0.05, 0) is 45.6 Å². The van der Waals surface area contributed by atoms with Gasteiger partial charge in [0.1, 0.15) is 0 Å². The van der Waals surface area contributed by atoms with Crippen LogP contribution in [0.1, 0.15) is 31.9 Å². The van der Waals surface area contributed by atoms with Crippen LogP contribution >= 0.6 is 15.9 Å². The summed E-state index contributed by atoms with van der Waals surface area (Å²) < 4.78 is 1.01. The molecule has 0 saturated heterocycles. The molecule has 1 aromatic carbocycles. The van der Waals surface area contributed by atoms with Crippen molar-refractivity contribution in [2.24, 2.45) is 0 Å². The third kappa shape index (κ3) is 5.13. The number of aliphatic hydroxyl groups is 1. The molecule has 0 heterocycles. The SMILES string of the molecule is CCCN(CCN(C)C)c1ccc(Br)cc1C(C)O. The highest BCUT2D eigenvalue weighted by Gasteiger charge is 2.14. The van der Waals surface area contributed by atoms with E-state index >= 15 is 0 Å². The molecule has 0 aliphatic rings. The lowest BCUT2D eigenvalue weighted by Gasteiger charge is -2.29. The number of benzene rings is 1. The van der Waals surface area contributed by atoms with Crippen molar-refractivity contribution in [2.45, 2.75) is 26.4 Å². The van der Waals surface area contributed by atoms with Gasteiger partial charge in [-0.1, -0.05) is 22.9 Å². The van der Waals surface area contributed by atoms with E-state index in [1.165, 1.54) is 0 Å². The Morgan fingerprint density at radius 1 is 1.21 bits per heavy atom. The molecule has 1 atom stereocenters. The maximum Gasteiger partial charge on any atom is 0.0782 e. The van der Waals surface area contributed by atoms with Crippen LogP contribution in [0.15, 0.2) is 22.7 Å². The van der Waals surface area contributed by atoms with E-state index in [-0.39, 0.29) is 0 Å². The molecular weight excluding hydrogens is 304 g/mol. The van der Waals surface area contributed by atoms with Gasteiger partial charge in [-0.15, -0.1) is 0 Å². The summed E-state index contributed by atoms with van der Waals surface area (Å²) in [6, 6.07) is 6.15. The highest BCUT2D eigenvalue weighted by molar-refractivity contribution is 9.10. The van der Waals surface area contributed by atoms with Crippen LogP contribution in [-0.2, 0) is 0 Å². The Balaban J connectivity index is 3.00. The molecular formula is C15H25BrN2O. The third-order valence-electron chi connectivity index (χ3n) is 3.09. The topological polar surface area (TPSA) is 26.7 Å². The zero-order valence-electron chi connectivity index (χ0n) is 12.4. The molecule has 108 valence electrons. The molecule has 0 radical (unpaired) electrons. The van der Waals surface area contributed by atoms with Crippen LogP contribution in [0.3, 0.4) is 0 Å². The zero-order chi connectivity index (χ0) is 14.4. The fraction of sp³-hybridized carbons (Fsp3) is 0.600. The zero-order valence-corrected chi connectivity index (χ0v) is 13.9. The summed E-state index contributed by atoms with van der Waals surface area (Å²) >= 11 is 3.48. The molecule has 4 heteroatoms. The van der Waals surface area contributed by atoms with Crippen LogP contribution in [-0.4, -0.2) is 43.7 Å². The molecule has 0 bridgehead atoms. The minimum absolute atomic E-state index is 0.453. The van der Waals surface area contributed by atoms with Crippen LogP contribution in [0.4, 0.5) is 5.69 Å². The van der Waals surface area contributed by atoms with Crippen molar-refractivity contribution in [1.82, 2.24) is 4.90 Å². The molecule has 1 aromatic rings. The maximum atomic E-state index is 9.97. The molecule has 1 rings (SSSR count). The first-order valence-electron chi connectivity index (χ1n) is 6.83. The van der Waals surface area contributed by atoms with Gasteiger partial charge in [-0.2, -0.15) is 0 Å². The van der Waals surface area contributed by atoms with Crippen molar-refractivity contribution in [3.8, 4) is 0 Å². The second kappa shape index (κ2) is 7.88. The fourth-order valence-corrected chi connectivity index (χ4v) is 2.47. The third-order valence-corrected chi connectivity index (χ3v) is 3.58. The van der Waals surface area contributed by atoms with Crippen molar-refractivity contribution < 1.29 is 5.11 Å². The molecule has 0 spiro atoms. The first kappa shape index (κ1) is 16.5. The highest BCUT2D eigenvalue weighted by Crippen LogP contribution is 2.29. The number of likely N-dealkylation sites (N-methyl/N-ethyl adjacent to an activating group) is 1. The lowest BCUT2D eigenvalue weighted by atomic mass is 10.1. The molecule has 0 aliphatic carbocycles. The van der Waals surface area contributed by atoms with Crippen LogP contribution in [0.2, 0.25) is 0 Å². The Labute approximate surface area is 125 Å². The van der Waals surface area contributed by atoms with E-state index in [9.17, 15) is 5.11 Å². The van der Waals surface area contributed by atoms with Crippen LogP contribution in [0.25, 0.3) is 0 Å². The number of nitrogens with zero attached hydrogens (tertiary/aromatic N) is 2. The van der Waals surface area contributed by atoms with Gasteiger partial charge in [0.25, 0.3) is 0 Å². The number of aliphatic hydroxyl groups excluding tert-OH is 1. The second-order valence-electron chi connectivity index (χ2n) is 5.17. The molecule has 0 fully saturated rings. The summed E-state index contributed by atoms with van der Waals surface area (Å²) in [5.74, 6) is 0.